The molecule has 0 atom stereocenters. The molecular weight excluding hydrogens is 378 g/mol. The molecule has 136 valence electrons. The van der Waals surface area contributed by atoms with Crippen molar-refractivity contribution in [2.75, 3.05) is 5.48 Å². The minimum atomic E-state index is 0.256. The van der Waals surface area contributed by atoms with E-state index >= 15 is 0 Å². The number of rotatable bonds is 8. The van der Waals surface area contributed by atoms with E-state index in [2.05, 4.69) is 14.9 Å². The number of hydrogen-bond donors (Lipinski definition) is 3. The van der Waals surface area contributed by atoms with Gasteiger partial charge in [0.2, 0.25) is 0 Å². The standard InChI is InChI=1S/C17H15NO6S2/c1-11-16-10-15(7-5-12(16)6-8-17(11)19)25-23-21-18-13-3-2-4-14(9-13)26-24-22-20/h2-10,18-20H,1H3. The number of nitrogens with one attached hydrogen (secondary N) is 1. The summed E-state index contributed by atoms with van der Waals surface area (Å²) in [6, 6.07) is 16.3. The fourth-order valence-electron chi connectivity index (χ4n) is 2.28. The second kappa shape index (κ2) is 9.10. The first-order valence-corrected chi connectivity index (χ1v) is 8.89. The Kier molecular flexibility index (Phi) is 6.58. The SMILES string of the molecule is Cc1c(O)ccc2ccc(SOONc3cccc(SOOO)c3)cc12. The van der Waals surface area contributed by atoms with Crippen LogP contribution in [-0.4, -0.2) is 10.4 Å². The van der Waals surface area contributed by atoms with E-state index in [1.165, 1.54) is 0 Å². The van der Waals surface area contributed by atoms with Gasteiger partial charge >= 0.3 is 0 Å². The molecule has 3 aromatic rings. The topological polar surface area (TPSA) is 89.4 Å². The molecule has 0 heterocycles. The Morgan fingerprint density at radius 2 is 1.69 bits per heavy atom. The molecule has 0 aromatic heterocycles. The van der Waals surface area contributed by atoms with E-state index in [9.17, 15) is 5.11 Å². The van der Waals surface area contributed by atoms with E-state index in [1.54, 1.807) is 30.3 Å². The Morgan fingerprint density at radius 3 is 2.54 bits per heavy atom. The van der Waals surface area contributed by atoms with Gasteiger partial charge in [0.05, 0.1) is 29.8 Å². The molecule has 0 spiro atoms. The smallest absolute Gasteiger partial charge is 0.119 e. The third-order valence-corrected chi connectivity index (χ3v) is 4.71. The zero-order chi connectivity index (χ0) is 18.4. The first-order chi connectivity index (χ1) is 12.7. The number of aromatic hydroxyl groups is 1. The van der Waals surface area contributed by atoms with Crippen molar-refractivity contribution >= 4 is 40.5 Å². The van der Waals surface area contributed by atoms with Crippen LogP contribution in [0.4, 0.5) is 5.69 Å². The predicted octanol–water partition coefficient (Wildman–Crippen LogP) is 5.26. The van der Waals surface area contributed by atoms with Crippen LogP contribution in [0, 0.1) is 6.92 Å². The highest BCUT2D eigenvalue weighted by Gasteiger charge is 2.05. The molecule has 9 heteroatoms. The van der Waals surface area contributed by atoms with Crippen LogP contribution in [0.2, 0.25) is 0 Å². The van der Waals surface area contributed by atoms with Gasteiger partial charge in [0.15, 0.2) is 0 Å². The summed E-state index contributed by atoms with van der Waals surface area (Å²) in [5.74, 6) is 0.256. The van der Waals surface area contributed by atoms with Gasteiger partial charge in [-0.1, -0.05) is 23.2 Å². The van der Waals surface area contributed by atoms with Crippen LogP contribution < -0.4 is 5.48 Å². The quantitative estimate of drug-likeness (QED) is 0.205. The molecule has 0 bridgehead atoms. The maximum atomic E-state index is 9.82. The molecule has 0 saturated heterocycles. The highest BCUT2D eigenvalue weighted by atomic mass is 32.2. The maximum Gasteiger partial charge on any atom is 0.119 e. The fraction of sp³-hybridized carbons (Fsp3) is 0.0588. The summed E-state index contributed by atoms with van der Waals surface area (Å²) in [5.41, 5.74) is 4.07. The molecule has 3 aromatic carbocycles. The summed E-state index contributed by atoms with van der Waals surface area (Å²) in [6.07, 6.45) is 0. The van der Waals surface area contributed by atoms with Crippen molar-refractivity contribution in [1.29, 1.82) is 0 Å². The van der Waals surface area contributed by atoms with Gasteiger partial charge in [0.1, 0.15) is 5.75 Å². The van der Waals surface area contributed by atoms with Crippen LogP contribution in [0.25, 0.3) is 10.8 Å². The fourth-order valence-corrected chi connectivity index (χ4v) is 3.13. The highest BCUT2D eigenvalue weighted by Crippen LogP contribution is 2.30. The van der Waals surface area contributed by atoms with Crippen molar-refractivity contribution in [3.63, 3.8) is 0 Å². The van der Waals surface area contributed by atoms with Crippen molar-refractivity contribution in [2.45, 2.75) is 16.7 Å². The van der Waals surface area contributed by atoms with Crippen LogP contribution in [0.5, 0.6) is 5.75 Å². The van der Waals surface area contributed by atoms with Crippen LogP contribution in [0.15, 0.2) is 64.4 Å². The number of anilines is 1. The first kappa shape index (κ1) is 18.8. The molecule has 7 nitrogen and oxygen atoms in total. The lowest BCUT2D eigenvalue weighted by Crippen LogP contribution is -1.98. The zero-order valence-electron chi connectivity index (χ0n) is 13.5. The molecule has 0 aliphatic heterocycles. The molecule has 0 aliphatic carbocycles. The summed E-state index contributed by atoms with van der Waals surface area (Å²) < 4.78 is 9.47. The minimum Gasteiger partial charge on any atom is -0.508 e. The third kappa shape index (κ3) is 4.80. The van der Waals surface area contributed by atoms with E-state index < -0.39 is 0 Å². The molecule has 0 radical (unpaired) electrons. The van der Waals surface area contributed by atoms with Gasteiger partial charge < -0.3 is 5.11 Å². The number of phenolic OH excluding ortho intramolecular Hbond substituents is 1. The second-order valence-electron chi connectivity index (χ2n) is 5.18. The number of aryl methyl sites for hydroxylation is 1. The Labute approximate surface area is 158 Å². The molecule has 3 rings (SSSR count). The van der Waals surface area contributed by atoms with Gasteiger partial charge in [-0.05, 0) is 59.7 Å². The normalized spacial score (nSPS) is 11.0. The second-order valence-corrected chi connectivity index (χ2v) is 6.73. The predicted molar refractivity (Wildman–Crippen MR) is 99.1 cm³/mol. The van der Waals surface area contributed by atoms with E-state index in [1.807, 2.05) is 31.2 Å². The molecule has 26 heavy (non-hydrogen) atoms. The number of phenols is 1. The largest absolute Gasteiger partial charge is 0.508 e. The molecule has 0 saturated carbocycles. The lowest BCUT2D eigenvalue weighted by atomic mass is 10.1. The van der Waals surface area contributed by atoms with Crippen molar-refractivity contribution in [2.24, 2.45) is 0 Å². The van der Waals surface area contributed by atoms with Crippen molar-refractivity contribution in [3.8, 4) is 5.75 Å². The summed E-state index contributed by atoms with van der Waals surface area (Å²) >= 11 is 1.88. The van der Waals surface area contributed by atoms with Crippen molar-refractivity contribution in [3.05, 3.63) is 60.2 Å². The summed E-state index contributed by atoms with van der Waals surface area (Å²) in [5, 5.41) is 23.5. The Bertz CT molecular complexity index is 892. The average molecular weight is 393 g/mol. The van der Waals surface area contributed by atoms with Gasteiger partial charge in [-0.25, -0.2) is 10.7 Å². The Balaban J connectivity index is 1.55. The monoisotopic (exact) mass is 393 g/mol. The van der Waals surface area contributed by atoms with Gasteiger partial charge in [-0.3, -0.25) is 0 Å². The van der Waals surface area contributed by atoms with Gasteiger partial charge in [0, 0.05) is 9.79 Å². The lowest BCUT2D eigenvalue weighted by molar-refractivity contribution is -0.432. The first-order valence-electron chi connectivity index (χ1n) is 7.41. The average Bonchev–Trinajstić information content (AvgIpc) is 2.67. The highest BCUT2D eigenvalue weighted by molar-refractivity contribution is 7.94. The van der Waals surface area contributed by atoms with E-state index in [0.29, 0.717) is 10.6 Å². The maximum absolute atomic E-state index is 9.82. The Hall–Kier alpha value is -1.98. The zero-order valence-corrected chi connectivity index (χ0v) is 15.2. The minimum absolute atomic E-state index is 0.256. The van der Waals surface area contributed by atoms with Crippen molar-refractivity contribution < 1.29 is 29.1 Å². The van der Waals surface area contributed by atoms with Gasteiger partial charge in [-0.15, -0.1) is 13.7 Å². The van der Waals surface area contributed by atoms with Crippen LogP contribution in [-0.2, 0) is 18.7 Å². The van der Waals surface area contributed by atoms with Crippen LogP contribution in [0.1, 0.15) is 5.56 Å². The summed E-state index contributed by atoms with van der Waals surface area (Å²) in [7, 11) is 0. The van der Waals surface area contributed by atoms with Crippen LogP contribution in [0.3, 0.4) is 0 Å². The molecule has 0 aliphatic rings. The summed E-state index contributed by atoms with van der Waals surface area (Å²) in [4.78, 5) is 6.49. The van der Waals surface area contributed by atoms with Gasteiger partial charge in [0.25, 0.3) is 0 Å². The Morgan fingerprint density at radius 1 is 0.923 bits per heavy atom. The van der Waals surface area contributed by atoms with E-state index in [-0.39, 0.29) is 5.75 Å². The molecule has 0 amide bonds. The number of hydrogen-bond acceptors (Lipinski definition) is 9. The van der Waals surface area contributed by atoms with Gasteiger partial charge in [-0.2, -0.15) is 0 Å². The number of fused-ring (bicyclic) bond motifs is 1. The molecular formula is C17H15NO6S2. The number of benzene rings is 3. The lowest BCUT2D eigenvalue weighted by Gasteiger charge is -2.08. The molecule has 3 N–H and O–H groups in total. The van der Waals surface area contributed by atoms with E-state index in [0.717, 1.165) is 45.3 Å². The third-order valence-electron chi connectivity index (χ3n) is 3.55. The molecule has 0 fully saturated rings. The van der Waals surface area contributed by atoms with Crippen LogP contribution >= 0.6 is 24.1 Å². The summed E-state index contributed by atoms with van der Waals surface area (Å²) in [6.45, 7) is 1.86. The molecule has 0 unspecified atom stereocenters. The van der Waals surface area contributed by atoms with E-state index in [4.69, 9.17) is 14.6 Å². The van der Waals surface area contributed by atoms with Crippen molar-refractivity contribution in [1.82, 2.24) is 0 Å².